The van der Waals surface area contributed by atoms with Gasteiger partial charge in [0.2, 0.25) is 23.6 Å². The number of rotatable bonds is 22. The molecule has 4 atom stereocenters. The maximum absolute atomic E-state index is 11.8. The smallest absolute Gasteiger partial charge is 0.548 e. The summed E-state index contributed by atoms with van der Waals surface area (Å²) in [4.78, 5) is 82.3. The number of hydrogen-bond donors (Lipinski definition) is 10. The van der Waals surface area contributed by atoms with Crippen molar-refractivity contribution < 1.29 is 56.0 Å². The minimum Gasteiger partial charge on any atom is -0.548 e. The molecule has 4 amide bonds. The number of H-pyrrole nitrogens is 2. The van der Waals surface area contributed by atoms with E-state index in [1.807, 2.05) is 0 Å². The third-order valence-electron chi connectivity index (χ3n) is 6.63. The molecule has 14 N–H and O–H groups in total. The average molecular weight is 742 g/mol. The predicted molar refractivity (Wildman–Crippen MR) is 166 cm³/mol. The van der Waals surface area contributed by atoms with E-state index in [-0.39, 0.29) is 43.0 Å². The van der Waals surface area contributed by atoms with Crippen molar-refractivity contribution in [2.45, 2.75) is 75.5 Å². The molecule has 2 heterocycles. The monoisotopic (exact) mass is 741 g/mol. The molecule has 277 valence electrons. The fraction of sp³-hybridized carbons (Fsp3) is 0.571. The van der Waals surface area contributed by atoms with E-state index in [4.69, 9.17) is 22.9 Å². The molecule has 0 aliphatic heterocycles. The van der Waals surface area contributed by atoms with Crippen LogP contribution in [0.2, 0.25) is 0 Å². The number of unbranched alkanes of at least 4 members (excludes halogenated alkanes) is 2. The zero-order chi connectivity index (χ0) is 35.9. The van der Waals surface area contributed by atoms with Crippen LogP contribution in [-0.2, 0) is 58.7 Å². The van der Waals surface area contributed by atoms with Crippen molar-refractivity contribution in [3.8, 4) is 0 Å². The van der Waals surface area contributed by atoms with Crippen LogP contribution in [0, 0.1) is 0 Å². The summed E-state index contributed by atoms with van der Waals surface area (Å²) in [5, 5.41) is 31.4. The van der Waals surface area contributed by atoms with E-state index in [1.54, 1.807) is 0 Å². The third kappa shape index (κ3) is 19.9. The summed E-state index contributed by atoms with van der Waals surface area (Å²) < 4.78 is 0. The van der Waals surface area contributed by atoms with Crippen LogP contribution in [0.4, 0.5) is 0 Å². The van der Waals surface area contributed by atoms with Gasteiger partial charge in [-0.15, -0.1) is 0 Å². The first kappa shape index (κ1) is 44.6. The number of amides is 4. The molecule has 0 unspecified atom stereocenters. The zero-order valence-electron chi connectivity index (χ0n) is 26.9. The van der Waals surface area contributed by atoms with E-state index in [1.165, 1.54) is 25.0 Å². The van der Waals surface area contributed by atoms with Crippen LogP contribution in [-0.4, -0.2) is 106 Å². The summed E-state index contributed by atoms with van der Waals surface area (Å²) in [7, 11) is 0. The first-order valence-corrected chi connectivity index (χ1v) is 15.3. The number of carboxylic acids is 2. The van der Waals surface area contributed by atoms with E-state index in [0.29, 0.717) is 50.2 Å². The molecule has 0 spiro atoms. The van der Waals surface area contributed by atoms with E-state index < -0.39 is 59.7 Å². The molecular weight excluding hydrogens is 696 g/mol. The molecular formula is C28H46CuN12O8. The zero-order valence-corrected chi connectivity index (χ0v) is 27.8. The van der Waals surface area contributed by atoms with Crippen molar-refractivity contribution in [2.24, 2.45) is 22.9 Å². The Bertz CT molecular complexity index is 1170. The molecule has 0 saturated carbocycles. The summed E-state index contributed by atoms with van der Waals surface area (Å²) in [5.41, 5.74) is 23.0. The van der Waals surface area contributed by atoms with Crippen LogP contribution in [0.3, 0.4) is 0 Å². The first-order chi connectivity index (χ1) is 22.9. The quantitative estimate of drug-likeness (QED) is 0.0396. The molecule has 0 aliphatic carbocycles. The molecule has 21 heteroatoms. The van der Waals surface area contributed by atoms with Gasteiger partial charge in [0.15, 0.2) is 0 Å². The molecule has 49 heavy (non-hydrogen) atoms. The second kappa shape index (κ2) is 25.6. The Labute approximate surface area is 293 Å². The van der Waals surface area contributed by atoms with Crippen molar-refractivity contribution >= 4 is 35.6 Å². The molecule has 2 rings (SSSR count). The van der Waals surface area contributed by atoms with Crippen LogP contribution in [0.15, 0.2) is 25.0 Å². The SMILES string of the molecule is NCCCC[C@H](N)C(=O)NCC(=O)N[C@@H](Cc1c[nH]cn1)C(=O)[O-].NCCCC[C@H](N)C(=O)NCC(=O)N[C@@H](Cc1c[nH]cn1)C(=O)[O-].[Cu+2]. The summed E-state index contributed by atoms with van der Waals surface area (Å²) >= 11 is 0. The van der Waals surface area contributed by atoms with Gasteiger partial charge in [0.1, 0.15) is 0 Å². The maximum Gasteiger partial charge on any atom is 2.00 e. The van der Waals surface area contributed by atoms with Gasteiger partial charge in [-0.1, -0.05) is 12.8 Å². The van der Waals surface area contributed by atoms with E-state index in [9.17, 15) is 39.0 Å². The topological polar surface area (TPSA) is 358 Å². The molecule has 0 bridgehead atoms. The van der Waals surface area contributed by atoms with E-state index in [2.05, 4.69) is 41.2 Å². The molecule has 20 nitrogen and oxygen atoms in total. The van der Waals surface area contributed by atoms with Crippen LogP contribution >= 0.6 is 0 Å². The molecule has 0 aliphatic rings. The van der Waals surface area contributed by atoms with Crippen LogP contribution < -0.4 is 54.4 Å². The van der Waals surface area contributed by atoms with Crippen LogP contribution in [0.25, 0.3) is 0 Å². The fourth-order valence-corrected chi connectivity index (χ4v) is 3.98. The molecule has 0 fully saturated rings. The van der Waals surface area contributed by atoms with Gasteiger partial charge < -0.3 is 74.0 Å². The third-order valence-corrected chi connectivity index (χ3v) is 6.63. The van der Waals surface area contributed by atoms with Gasteiger partial charge in [-0.2, -0.15) is 0 Å². The Morgan fingerprint density at radius 2 is 1.04 bits per heavy atom. The second-order valence-electron chi connectivity index (χ2n) is 10.6. The van der Waals surface area contributed by atoms with Crippen molar-refractivity contribution in [3.05, 3.63) is 36.4 Å². The number of nitrogens with zero attached hydrogens (tertiary/aromatic N) is 2. The normalized spacial score (nSPS) is 12.8. The van der Waals surface area contributed by atoms with Crippen molar-refractivity contribution in [3.63, 3.8) is 0 Å². The van der Waals surface area contributed by atoms with Crippen LogP contribution in [0.1, 0.15) is 49.9 Å². The molecule has 2 aromatic heterocycles. The molecule has 0 aromatic carbocycles. The first-order valence-electron chi connectivity index (χ1n) is 15.3. The Hall–Kier alpha value is -4.40. The molecule has 1 radical (unpaired) electrons. The predicted octanol–water partition coefficient (Wildman–Crippen LogP) is -6.48. The molecule has 2 aromatic rings. The van der Waals surface area contributed by atoms with Gasteiger partial charge in [-0.05, 0) is 38.8 Å². The fourth-order valence-electron chi connectivity index (χ4n) is 3.98. The number of nitrogens with two attached hydrogens (primary N) is 4. The average Bonchev–Trinajstić information content (AvgIpc) is 3.77. The van der Waals surface area contributed by atoms with Crippen molar-refractivity contribution in [1.29, 1.82) is 0 Å². The molecule has 0 saturated heterocycles. The number of carbonyl (C=O) groups is 6. The minimum absolute atomic E-state index is 0. The van der Waals surface area contributed by atoms with Gasteiger partial charge in [-0.25, -0.2) is 9.97 Å². The van der Waals surface area contributed by atoms with Gasteiger partial charge in [0, 0.05) is 25.2 Å². The van der Waals surface area contributed by atoms with Gasteiger partial charge in [0.05, 0.1) is 73.2 Å². The minimum atomic E-state index is -1.43. The Balaban J connectivity index is 0.000000922. The second-order valence-corrected chi connectivity index (χ2v) is 10.6. The van der Waals surface area contributed by atoms with Gasteiger partial charge in [-0.3, -0.25) is 19.2 Å². The number of carbonyl (C=O) groups excluding carboxylic acids is 6. The maximum atomic E-state index is 11.8. The number of nitrogens with one attached hydrogen (secondary N) is 6. The van der Waals surface area contributed by atoms with Gasteiger partial charge >= 0.3 is 17.1 Å². The number of aliphatic carboxylic acids is 2. The Morgan fingerprint density at radius 1 is 0.673 bits per heavy atom. The summed E-state index contributed by atoms with van der Waals surface area (Å²) in [6.45, 7) is 0.316. The van der Waals surface area contributed by atoms with Gasteiger partial charge in [0.25, 0.3) is 0 Å². The van der Waals surface area contributed by atoms with E-state index in [0.717, 1.165) is 12.8 Å². The number of imidazole rings is 2. The van der Waals surface area contributed by atoms with Crippen LogP contribution in [0.5, 0.6) is 0 Å². The number of aromatic nitrogens is 4. The number of carboxylic acid groups (broad SMARTS) is 2. The number of hydrogen-bond acceptors (Lipinski definition) is 14. The Morgan fingerprint density at radius 3 is 1.33 bits per heavy atom. The van der Waals surface area contributed by atoms with Crippen molar-refractivity contribution in [2.75, 3.05) is 26.2 Å². The van der Waals surface area contributed by atoms with Crippen molar-refractivity contribution in [1.82, 2.24) is 41.2 Å². The Kier molecular flexibility index (Phi) is 23.3. The van der Waals surface area contributed by atoms with E-state index >= 15 is 0 Å². The largest absolute Gasteiger partial charge is 2.00 e. The summed E-state index contributed by atoms with van der Waals surface area (Å²) in [6, 6.07) is -3.94. The summed E-state index contributed by atoms with van der Waals surface area (Å²) in [5.74, 6) is -5.12. The number of aromatic amines is 2. The standard InChI is InChI=1S/2C14H24N6O4.Cu/c2*15-4-2-1-3-10(16)13(22)18-7-12(21)20-11(14(23)24)5-9-6-17-8-19-9;/h2*6,8,10-11H,1-5,7,15-16H2,(H,17,19)(H,18,22)(H,20,21)(H,23,24);/q;;+2/p-2/t2*10-,11-;/m00./s1. The summed E-state index contributed by atoms with van der Waals surface area (Å²) in [6.07, 6.45) is 9.68.